The predicted octanol–water partition coefficient (Wildman–Crippen LogP) is -2.27. The van der Waals surface area contributed by atoms with Gasteiger partial charge in [0.25, 0.3) is 5.91 Å². The Morgan fingerprint density at radius 1 is 0.852 bits per heavy atom. The van der Waals surface area contributed by atoms with E-state index in [-0.39, 0.29) is 80.4 Å². The largest absolute Gasteiger partial charge is 0.487 e. The van der Waals surface area contributed by atoms with Gasteiger partial charge < -0.3 is 63.3 Å². The summed E-state index contributed by atoms with van der Waals surface area (Å²) in [6.07, 6.45) is 2.04. The van der Waals surface area contributed by atoms with Crippen molar-refractivity contribution in [1.29, 1.82) is 0 Å². The normalized spacial score (nSPS) is 17.8. The summed E-state index contributed by atoms with van der Waals surface area (Å²) >= 11 is 0. The Labute approximate surface area is 312 Å². The molecule has 54 heavy (non-hydrogen) atoms. The molecule has 3 heterocycles. The van der Waals surface area contributed by atoms with Gasteiger partial charge in [0.1, 0.15) is 42.0 Å². The third-order valence-electron chi connectivity index (χ3n) is 9.70. The lowest BCUT2D eigenvalue weighted by atomic mass is 10.0. The fraction of sp³-hybridized carbons (Fsp3) is 0.600. The smallest absolute Gasteiger partial charge is 0.257 e. The molecule has 1 saturated heterocycles. The first kappa shape index (κ1) is 41.9. The summed E-state index contributed by atoms with van der Waals surface area (Å²) in [7, 11) is 1.99. The van der Waals surface area contributed by atoms with Gasteiger partial charge in [-0.2, -0.15) is 0 Å². The van der Waals surface area contributed by atoms with Crippen LogP contribution < -0.4 is 59.3 Å². The second kappa shape index (κ2) is 19.0. The Hall–Kier alpha value is -4.85. The maximum Gasteiger partial charge on any atom is 0.257 e. The van der Waals surface area contributed by atoms with E-state index in [0.717, 1.165) is 19.2 Å². The molecule has 18 nitrogen and oxygen atoms in total. The Morgan fingerprint density at radius 2 is 1.37 bits per heavy atom. The van der Waals surface area contributed by atoms with Crippen molar-refractivity contribution >= 4 is 46.1 Å². The molecule has 0 spiro atoms. The minimum absolute atomic E-state index is 0.0000754. The summed E-state index contributed by atoms with van der Waals surface area (Å²) < 4.78 is 23.6. The molecule has 2 aliphatic rings. The van der Waals surface area contributed by atoms with Crippen LogP contribution in [0.1, 0.15) is 62.4 Å². The van der Waals surface area contributed by atoms with E-state index >= 15 is 4.39 Å². The minimum Gasteiger partial charge on any atom is -0.487 e. The molecule has 2 aromatic rings. The number of ether oxygens (including phenoxy) is 1. The number of nitrogens with two attached hydrogens (primary N) is 4. The van der Waals surface area contributed by atoms with Crippen LogP contribution in [0.25, 0.3) is 10.9 Å². The first-order valence-electron chi connectivity index (χ1n) is 18.3. The summed E-state index contributed by atoms with van der Waals surface area (Å²) in [5.41, 5.74) is 22.0. The zero-order chi connectivity index (χ0) is 39.7. The highest BCUT2D eigenvalue weighted by Gasteiger charge is 2.33. The number of nitrogens with zero attached hydrogens (tertiary/aromatic N) is 3. The summed E-state index contributed by atoms with van der Waals surface area (Å²) in [5.74, 6) is -4.25. The highest BCUT2D eigenvalue weighted by Crippen LogP contribution is 2.42. The molecule has 2 aliphatic heterocycles. The average molecular weight is 760 g/mol. The zero-order valence-corrected chi connectivity index (χ0v) is 31.1. The summed E-state index contributed by atoms with van der Waals surface area (Å²) in [5, 5.41) is 10.2. The lowest BCUT2D eigenvalue weighted by Crippen LogP contribution is -2.58. The molecule has 5 amide bonds. The van der Waals surface area contributed by atoms with Crippen molar-refractivity contribution in [2.24, 2.45) is 22.9 Å². The average Bonchev–Trinajstić information content (AvgIpc) is 3.13. The van der Waals surface area contributed by atoms with E-state index in [0.29, 0.717) is 25.0 Å². The van der Waals surface area contributed by atoms with Crippen molar-refractivity contribution in [2.45, 2.75) is 76.2 Å². The Bertz CT molecular complexity index is 1770. The van der Waals surface area contributed by atoms with Crippen LogP contribution in [0.4, 0.5) is 10.1 Å². The Kier molecular flexibility index (Phi) is 14.7. The molecule has 1 aromatic carbocycles. The fourth-order valence-corrected chi connectivity index (χ4v) is 6.63. The van der Waals surface area contributed by atoms with Crippen molar-refractivity contribution in [3.63, 3.8) is 0 Å². The predicted molar refractivity (Wildman–Crippen MR) is 200 cm³/mol. The van der Waals surface area contributed by atoms with Gasteiger partial charge in [0, 0.05) is 32.4 Å². The van der Waals surface area contributed by atoms with E-state index in [1.54, 1.807) is 11.5 Å². The molecule has 0 bridgehead atoms. The molecule has 12 N–H and O–H groups in total. The van der Waals surface area contributed by atoms with E-state index in [9.17, 15) is 28.8 Å². The number of carbonyl (C=O) groups excluding carboxylic acids is 5. The van der Waals surface area contributed by atoms with Crippen molar-refractivity contribution in [1.82, 2.24) is 30.7 Å². The van der Waals surface area contributed by atoms with Crippen molar-refractivity contribution < 1.29 is 33.1 Å². The number of likely N-dealkylation sites (N-methyl/N-ethyl adjacent to an activating group) is 1. The van der Waals surface area contributed by atoms with E-state index in [1.807, 2.05) is 18.9 Å². The number of piperazine rings is 1. The molecule has 4 rings (SSSR count). The van der Waals surface area contributed by atoms with Crippen LogP contribution >= 0.6 is 0 Å². The lowest BCUT2D eigenvalue weighted by molar-refractivity contribution is -0.133. The van der Waals surface area contributed by atoms with Crippen LogP contribution in [0.15, 0.2) is 17.1 Å². The van der Waals surface area contributed by atoms with Gasteiger partial charge in [0.05, 0.1) is 16.9 Å². The lowest BCUT2D eigenvalue weighted by Gasteiger charge is -2.37. The third kappa shape index (κ3) is 9.62. The maximum atomic E-state index is 15.8. The highest BCUT2D eigenvalue weighted by molar-refractivity contribution is 6.02. The van der Waals surface area contributed by atoms with Crippen LogP contribution in [0.5, 0.6) is 5.75 Å². The van der Waals surface area contributed by atoms with E-state index in [1.165, 1.54) is 6.20 Å². The van der Waals surface area contributed by atoms with Gasteiger partial charge in [0.2, 0.25) is 29.1 Å². The number of primary amides is 1. The molecule has 19 heteroatoms. The Balaban J connectivity index is 1.56. The first-order chi connectivity index (χ1) is 25.8. The van der Waals surface area contributed by atoms with Gasteiger partial charge in [-0.05, 0) is 65.4 Å². The molecule has 0 aliphatic carbocycles. The number of hydrogen-bond acceptors (Lipinski definition) is 12. The quantitative estimate of drug-likeness (QED) is 0.0800. The number of benzene rings is 1. The fourth-order valence-electron chi connectivity index (χ4n) is 6.63. The van der Waals surface area contributed by atoms with E-state index in [2.05, 4.69) is 26.2 Å². The summed E-state index contributed by atoms with van der Waals surface area (Å²) in [4.78, 5) is 83.5. The number of pyridine rings is 1. The summed E-state index contributed by atoms with van der Waals surface area (Å²) in [6.45, 7) is 6.46. The number of carbonyl (C=O) groups is 5. The number of nitrogens with one attached hydrogen (secondary N) is 4. The SMILES string of the molecule is CCC[C@H](NC(=O)c1cn2c3c(c(N4CCN(C)CC4)c(F)cc3c1=O)OC[C@@H]2C)C(=O)N[C@@H](CCN)C(=O)N[C@@H](CCN)C(=O)N[C@@H](CCN)C(N)=O. The van der Waals surface area contributed by atoms with E-state index < -0.39 is 64.9 Å². The van der Waals surface area contributed by atoms with Crippen molar-refractivity contribution in [3.05, 3.63) is 33.9 Å². The van der Waals surface area contributed by atoms with Gasteiger partial charge in [-0.1, -0.05) is 13.3 Å². The van der Waals surface area contributed by atoms with Crippen LogP contribution in [0.2, 0.25) is 0 Å². The van der Waals surface area contributed by atoms with Crippen LogP contribution in [-0.2, 0) is 19.2 Å². The number of anilines is 1. The molecule has 1 fully saturated rings. The van der Waals surface area contributed by atoms with Crippen molar-refractivity contribution in [3.8, 4) is 5.75 Å². The van der Waals surface area contributed by atoms with Crippen LogP contribution in [0.3, 0.4) is 0 Å². The first-order valence-corrected chi connectivity index (χ1v) is 18.3. The number of amides is 5. The Morgan fingerprint density at radius 3 is 1.89 bits per heavy atom. The van der Waals surface area contributed by atoms with Crippen LogP contribution in [-0.4, -0.2) is 123 Å². The van der Waals surface area contributed by atoms with Gasteiger partial charge in [-0.15, -0.1) is 0 Å². The van der Waals surface area contributed by atoms with Gasteiger partial charge in [-0.25, -0.2) is 4.39 Å². The number of hydrogen-bond donors (Lipinski definition) is 8. The molecule has 0 saturated carbocycles. The van der Waals surface area contributed by atoms with Gasteiger partial charge >= 0.3 is 0 Å². The van der Waals surface area contributed by atoms with Gasteiger partial charge in [-0.3, -0.25) is 28.8 Å². The third-order valence-corrected chi connectivity index (χ3v) is 9.70. The highest BCUT2D eigenvalue weighted by atomic mass is 19.1. The second-order valence-corrected chi connectivity index (χ2v) is 13.8. The molecule has 0 radical (unpaired) electrons. The number of halogens is 1. The number of aromatic nitrogens is 1. The molecule has 1 aromatic heterocycles. The minimum atomic E-state index is -1.23. The maximum absolute atomic E-state index is 15.8. The van der Waals surface area contributed by atoms with E-state index in [4.69, 9.17) is 27.7 Å². The number of rotatable bonds is 18. The topological polar surface area (TPSA) is 275 Å². The summed E-state index contributed by atoms with van der Waals surface area (Å²) in [6, 6.07) is -3.82. The second-order valence-electron chi connectivity index (χ2n) is 13.8. The molecular formula is C35H54FN11O7. The van der Waals surface area contributed by atoms with Crippen molar-refractivity contribution in [2.75, 3.05) is 64.4 Å². The molecular weight excluding hydrogens is 705 g/mol. The van der Waals surface area contributed by atoms with Gasteiger partial charge in [0.15, 0.2) is 11.6 Å². The zero-order valence-electron chi connectivity index (χ0n) is 31.1. The van der Waals surface area contributed by atoms with Crippen LogP contribution in [0, 0.1) is 5.82 Å². The standard InChI is InChI=1S/C35H54FN11O7/c1-4-5-24(33(51)43-26(8-11-39)35(53)44-25(7-10-38)34(52)41-23(6-9-37)31(40)49)42-32(50)21-17-47-19(2)18-54-30-27(47)20(29(21)48)16-22(36)28(30)46-14-12-45(3)13-15-46/h16-17,19,23-26H,4-15,18,37-39H2,1-3H3,(H2,40,49)(H,41,52)(H,42,50)(H,43,51)(H,44,53)/t19-,23-,24-,25-,26-/m0/s1. The molecule has 298 valence electrons. The molecule has 0 unspecified atom stereocenters. The monoisotopic (exact) mass is 759 g/mol. The molecule has 5 atom stereocenters.